The highest BCUT2D eigenvalue weighted by atomic mass is 16.2. The van der Waals surface area contributed by atoms with Crippen molar-refractivity contribution in [2.24, 2.45) is 5.92 Å². The third kappa shape index (κ3) is 3.65. The molecule has 0 bridgehead atoms. The number of amides is 1. The lowest BCUT2D eigenvalue weighted by molar-refractivity contribution is -0.137. The van der Waals surface area contributed by atoms with Crippen molar-refractivity contribution in [2.75, 3.05) is 37.6 Å². The first kappa shape index (κ1) is 15.8. The van der Waals surface area contributed by atoms with Crippen LogP contribution in [0.4, 0.5) is 5.69 Å². The number of anilines is 1. The van der Waals surface area contributed by atoms with E-state index in [2.05, 4.69) is 23.2 Å². The number of hydrogen-bond donors (Lipinski definition) is 1. The Balaban J connectivity index is 1.55. The van der Waals surface area contributed by atoms with Crippen molar-refractivity contribution in [2.45, 2.75) is 25.8 Å². The van der Waals surface area contributed by atoms with E-state index in [0.717, 1.165) is 51.3 Å². The van der Waals surface area contributed by atoms with Crippen LogP contribution in [0.5, 0.6) is 0 Å². The van der Waals surface area contributed by atoms with Crippen LogP contribution in [0.25, 0.3) is 0 Å². The topological polar surface area (TPSA) is 59.4 Å². The van der Waals surface area contributed by atoms with Crippen LogP contribution in [0.3, 0.4) is 0 Å². The van der Waals surface area contributed by atoms with Crippen LogP contribution in [0, 0.1) is 17.2 Å². The predicted octanol–water partition coefficient (Wildman–Crippen LogP) is 1.59. The van der Waals surface area contributed by atoms with E-state index in [1.54, 1.807) is 0 Å². The van der Waals surface area contributed by atoms with Crippen LogP contribution in [0.1, 0.15) is 25.3 Å². The minimum atomic E-state index is 0.162. The van der Waals surface area contributed by atoms with Crippen molar-refractivity contribution < 1.29 is 4.79 Å². The highest BCUT2D eigenvalue weighted by molar-refractivity contribution is 5.79. The number of benzene rings is 1. The first-order valence-corrected chi connectivity index (χ1v) is 8.44. The summed E-state index contributed by atoms with van der Waals surface area (Å²) in [5, 5.41) is 12.2. The average molecular weight is 312 g/mol. The molecule has 0 unspecified atom stereocenters. The molecule has 1 aromatic rings. The lowest BCUT2D eigenvalue weighted by Gasteiger charge is -2.38. The summed E-state index contributed by atoms with van der Waals surface area (Å²) in [6.45, 7) is 6.51. The Morgan fingerprint density at radius 1 is 1.22 bits per heavy atom. The summed E-state index contributed by atoms with van der Waals surface area (Å²) in [4.78, 5) is 17.0. The Hall–Kier alpha value is -2.06. The molecule has 122 valence electrons. The van der Waals surface area contributed by atoms with Gasteiger partial charge in [-0.15, -0.1) is 0 Å². The van der Waals surface area contributed by atoms with Crippen molar-refractivity contribution >= 4 is 11.6 Å². The second-order valence-electron chi connectivity index (χ2n) is 6.56. The lowest BCUT2D eigenvalue weighted by Crippen LogP contribution is -2.53. The van der Waals surface area contributed by atoms with E-state index in [0.29, 0.717) is 17.5 Å². The second-order valence-corrected chi connectivity index (χ2v) is 6.56. The first-order valence-electron chi connectivity index (χ1n) is 8.44. The van der Waals surface area contributed by atoms with Crippen molar-refractivity contribution in [3.63, 3.8) is 0 Å². The molecule has 0 saturated carbocycles. The van der Waals surface area contributed by atoms with Gasteiger partial charge in [0.15, 0.2) is 0 Å². The van der Waals surface area contributed by atoms with Gasteiger partial charge in [-0.3, -0.25) is 4.79 Å². The first-order chi connectivity index (χ1) is 11.2. The van der Waals surface area contributed by atoms with Gasteiger partial charge in [0.2, 0.25) is 5.91 Å². The monoisotopic (exact) mass is 312 g/mol. The van der Waals surface area contributed by atoms with Crippen LogP contribution < -0.4 is 10.2 Å². The van der Waals surface area contributed by atoms with Crippen LogP contribution in [0.15, 0.2) is 24.3 Å². The molecule has 5 nitrogen and oxygen atoms in total. The largest absolute Gasteiger partial charge is 0.371 e. The van der Waals surface area contributed by atoms with Gasteiger partial charge in [0.05, 0.1) is 11.6 Å². The zero-order valence-electron chi connectivity index (χ0n) is 13.7. The Bertz CT molecular complexity index is 584. The molecule has 1 N–H and O–H groups in total. The number of piperazine rings is 1. The van der Waals surface area contributed by atoms with E-state index in [9.17, 15) is 4.79 Å². The molecule has 2 fully saturated rings. The molecule has 5 heteroatoms. The van der Waals surface area contributed by atoms with Gasteiger partial charge >= 0.3 is 0 Å². The van der Waals surface area contributed by atoms with Gasteiger partial charge < -0.3 is 15.1 Å². The maximum absolute atomic E-state index is 12.7. The summed E-state index contributed by atoms with van der Waals surface area (Å²) in [6.07, 6.45) is 1.83. The molecule has 1 amide bonds. The molecule has 1 atom stereocenters. The van der Waals surface area contributed by atoms with Crippen LogP contribution in [-0.2, 0) is 4.79 Å². The summed E-state index contributed by atoms with van der Waals surface area (Å²) in [7, 11) is 0. The Kier molecular flexibility index (Phi) is 4.82. The van der Waals surface area contributed by atoms with E-state index in [4.69, 9.17) is 5.26 Å². The molecule has 23 heavy (non-hydrogen) atoms. The van der Waals surface area contributed by atoms with Crippen molar-refractivity contribution in [3.05, 3.63) is 29.8 Å². The Morgan fingerprint density at radius 3 is 2.52 bits per heavy atom. The van der Waals surface area contributed by atoms with Gasteiger partial charge in [-0.25, -0.2) is 0 Å². The summed E-state index contributed by atoms with van der Waals surface area (Å²) in [5.74, 6) is 0.493. The average Bonchev–Trinajstić information content (AvgIpc) is 2.61. The highest BCUT2D eigenvalue weighted by Crippen LogP contribution is 2.25. The van der Waals surface area contributed by atoms with E-state index in [1.165, 1.54) is 0 Å². The number of piperidine rings is 1. The minimum absolute atomic E-state index is 0.162. The SMILES string of the molecule is C[C@H]1CN(C(=O)C2CCN(c3ccc(C#N)cc3)CC2)CCN1. The quantitative estimate of drug-likeness (QED) is 0.901. The fraction of sp³-hybridized carbons (Fsp3) is 0.556. The molecule has 1 aromatic carbocycles. The van der Waals surface area contributed by atoms with Crippen LogP contribution >= 0.6 is 0 Å². The molecule has 0 aromatic heterocycles. The van der Waals surface area contributed by atoms with Gasteiger partial charge in [0, 0.05) is 50.4 Å². The molecule has 2 heterocycles. The molecule has 0 radical (unpaired) electrons. The van der Waals surface area contributed by atoms with Gasteiger partial charge in [0.1, 0.15) is 0 Å². The zero-order valence-corrected chi connectivity index (χ0v) is 13.7. The Morgan fingerprint density at radius 2 is 1.91 bits per heavy atom. The summed E-state index contributed by atoms with van der Waals surface area (Å²) in [5.41, 5.74) is 1.83. The molecular formula is C18H24N4O. The molecule has 2 aliphatic rings. The maximum atomic E-state index is 12.7. The number of hydrogen-bond acceptors (Lipinski definition) is 4. The standard InChI is InChI=1S/C18H24N4O/c1-14-13-22(11-8-20-14)18(23)16-6-9-21(10-7-16)17-4-2-15(12-19)3-5-17/h2-5,14,16,20H,6-11,13H2,1H3/t14-/m0/s1. The third-order valence-electron chi connectivity index (χ3n) is 4.89. The number of carbonyl (C=O) groups excluding carboxylic acids is 1. The van der Waals surface area contributed by atoms with Crippen LogP contribution in [0.2, 0.25) is 0 Å². The van der Waals surface area contributed by atoms with E-state index in [-0.39, 0.29) is 5.92 Å². The fourth-order valence-corrected chi connectivity index (χ4v) is 3.52. The van der Waals surface area contributed by atoms with Crippen molar-refractivity contribution in [1.82, 2.24) is 10.2 Å². The molecule has 3 rings (SSSR count). The lowest BCUT2D eigenvalue weighted by atomic mass is 9.94. The molecule has 2 saturated heterocycles. The maximum Gasteiger partial charge on any atom is 0.225 e. The number of nitrogens with zero attached hydrogens (tertiary/aromatic N) is 3. The minimum Gasteiger partial charge on any atom is -0.371 e. The third-order valence-corrected chi connectivity index (χ3v) is 4.89. The molecular weight excluding hydrogens is 288 g/mol. The van der Waals surface area contributed by atoms with Crippen molar-refractivity contribution in [3.8, 4) is 6.07 Å². The predicted molar refractivity (Wildman–Crippen MR) is 90.1 cm³/mol. The highest BCUT2D eigenvalue weighted by Gasteiger charge is 2.30. The number of rotatable bonds is 2. The van der Waals surface area contributed by atoms with E-state index >= 15 is 0 Å². The molecule has 2 aliphatic heterocycles. The fourth-order valence-electron chi connectivity index (χ4n) is 3.52. The van der Waals surface area contributed by atoms with Gasteiger partial charge in [0.25, 0.3) is 0 Å². The number of carbonyl (C=O) groups is 1. The number of nitriles is 1. The summed E-state index contributed by atoms with van der Waals surface area (Å²) in [6, 6.07) is 10.2. The number of nitrogens with one attached hydrogen (secondary N) is 1. The van der Waals surface area contributed by atoms with Gasteiger partial charge in [-0.2, -0.15) is 5.26 Å². The summed E-state index contributed by atoms with van der Waals surface area (Å²) < 4.78 is 0. The molecule has 0 spiro atoms. The second kappa shape index (κ2) is 7.01. The van der Waals surface area contributed by atoms with Crippen molar-refractivity contribution in [1.29, 1.82) is 5.26 Å². The zero-order chi connectivity index (χ0) is 16.2. The smallest absolute Gasteiger partial charge is 0.225 e. The van der Waals surface area contributed by atoms with Gasteiger partial charge in [-0.05, 0) is 44.0 Å². The van der Waals surface area contributed by atoms with E-state index in [1.807, 2.05) is 29.2 Å². The van der Waals surface area contributed by atoms with Gasteiger partial charge in [-0.1, -0.05) is 0 Å². The summed E-state index contributed by atoms with van der Waals surface area (Å²) >= 11 is 0. The normalized spacial score (nSPS) is 22.7. The Labute approximate surface area is 137 Å². The molecule has 0 aliphatic carbocycles. The van der Waals surface area contributed by atoms with Crippen LogP contribution in [-0.4, -0.2) is 49.6 Å². The van der Waals surface area contributed by atoms with E-state index < -0.39 is 0 Å².